The summed E-state index contributed by atoms with van der Waals surface area (Å²) in [5.41, 5.74) is 7.06. The lowest BCUT2D eigenvalue weighted by atomic mass is 10.1. The van der Waals surface area contributed by atoms with Gasteiger partial charge in [0.2, 0.25) is 0 Å². The van der Waals surface area contributed by atoms with Gasteiger partial charge in [-0.15, -0.1) is 0 Å². The first-order valence-electron chi connectivity index (χ1n) is 10.3. The van der Waals surface area contributed by atoms with Gasteiger partial charge in [-0.2, -0.15) is 0 Å². The second-order valence-corrected chi connectivity index (χ2v) is 8.53. The van der Waals surface area contributed by atoms with E-state index in [1.165, 1.54) is 11.8 Å². The Morgan fingerprint density at radius 2 is 1.53 bits per heavy atom. The summed E-state index contributed by atoms with van der Waals surface area (Å²) < 4.78 is 44.4. The number of amides is 1. The zero-order valence-electron chi connectivity index (χ0n) is 18.4. The number of halogens is 2. The van der Waals surface area contributed by atoms with Crippen molar-refractivity contribution in [1.82, 2.24) is 5.32 Å². The molecule has 0 bridgehead atoms. The second-order valence-electron chi connectivity index (χ2n) is 7.32. The molecule has 34 heavy (non-hydrogen) atoms. The van der Waals surface area contributed by atoms with Crippen molar-refractivity contribution < 1.29 is 27.8 Å². The normalized spacial score (nSPS) is 15.1. The first kappa shape index (κ1) is 23.4. The highest BCUT2D eigenvalue weighted by atomic mass is 32.2. The van der Waals surface area contributed by atoms with E-state index in [0.29, 0.717) is 0 Å². The summed E-state index contributed by atoms with van der Waals surface area (Å²) in [5, 5.41) is 3.14. The highest BCUT2D eigenvalue weighted by molar-refractivity contribution is 8.09. The highest BCUT2D eigenvalue weighted by Gasteiger charge is 2.28. The molecule has 1 unspecified atom stereocenters. The van der Waals surface area contributed by atoms with Crippen LogP contribution in [0.4, 0.5) is 8.78 Å². The van der Waals surface area contributed by atoms with Crippen LogP contribution in [0, 0.1) is 11.6 Å². The van der Waals surface area contributed by atoms with E-state index in [4.69, 9.17) is 19.9 Å². The topological polar surface area (TPSA) is 82.8 Å². The SMILES string of the molecule is COc1ccc(C2=C(c3ccc(OC)cc3)SC(COc3ccc(F)c(C(N)=O)c3F)N2)cc1. The molecule has 0 saturated heterocycles. The Hall–Kier alpha value is -3.72. The van der Waals surface area contributed by atoms with Crippen LogP contribution in [0.25, 0.3) is 10.6 Å². The van der Waals surface area contributed by atoms with Crippen LogP contribution in [-0.2, 0) is 0 Å². The minimum Gasteiger partial charge on any atom is -0.497 e. The maximum absolute atomic E-state index is 14.6. The molecule has 0 fully saturated rings. The van der Waals surface area contributed by atoms with Crippen LogP contribution in [0.15, 0.2) is 60.7 Å². The van der Waals surface area contributed by atoms with E-state index in [2.05, 4.69) is 5.32 Å². The fourth-order valence-electron chi connectivity index (χ4n) is 3.50. The van der Waals surface area contributed by atoms with Gasteiger partial charge in [0.25, 0.3) is 5.91 Å². The van der Waals surface area contributed by atoms with Crippen LogP contribution in [0.5, 0.6) is 17.2 Å². The Morgan fingerprint density at radius 1 is 0.941 bits per heavy atom. The summed E-state index contributed by atoms with van der Waals surface area (Å²) in [7, 11) is 3.21. The summed E-state index contributed by atoms with van der Waals surface area (Å²) >= 11 is 1.51. The zero-order valence-corrected chi connectivity index (χ0v) is 19.2. The molecule has 0 saturated carbocycles. The van der Waals surface area contributed by atoms with E-state index in [9.17, 15) is 13.6 Å². The molecule has 3 N–H and O–H groups in total. The van der Waals surface area contributed by atoms with Crippen LogP contribution in [0.1, 0.15) is 21.5 Å². The Bertz CT molecular complexity index is 1170. The van der Waals surface area contributed by atoms with E-state index in [-0.39, 0.29) is 17.7 Å². The third kappa shape index (κ3) is 4.79. The van der Waals surface area contributed by atoms with E-state index in [0.717, 1.165) is 45.4 Å². The predicted octanol–water partition coefficient (Wildman–Crippen LogP) is 4.65. The average molecular weight is 485 g/mol. The molecular weight excluding hydrogens is 462 g/mol. The third-order valence-electron chi connectivity index (χ3n) is 5.22. The van der Waals surface area contributed by atoms with Crippen LogP contribution in [-0.4, -0.2) is 32.1 Å². The number of nitrogens with two attached hydrogens (primary N) is 1. The number of rotatable bonds is 8. The number of hydrogen-bond acceptors (Lipinski definition) is 6. The van der Waals surface area contributed by atoms with Gasteiger partial charge in [0, 0.05) is 4.91 Å². The average Bonchev–Trinajstić information content (AvgIpc) is 3.28. The maximum Gasteiger partial charge on any atom is 0.254 e. The minimum absolute atomic E-state index is 0.0464. The lowest BCUT2D eigenvalue weighted by Gasteiger charge is -2.15. The highest BCUT2D eigenvalue weighted by Crippen LogP contribution is 2.43. The van der Waals surface area contributed by atoms with Gasteiger partial charge in [0.1, 0.15) is 34.9 Å². The van der Waals surface area contributed by atoms with Crippen LogP contribution in [0.2, 0.25) is 0 Å². The summed E-state index contributed by atoms with van der Waals surface area (Å²) in [6, 6.07) is 17.3. The Kier molecular flexibility index (Phi) is 6.93. The van der Waals surface area contributed by atoms with Crippen molar-refractivity contribution in [2.75, 3.05) is 20.8 Å². The molecular formula is C25H22F2N2O4S. The van der Waals surface area contributed by atoms with Crippen molar-refractivity contribution in [1.29, 1.82) is 0 Å². The van der Waals surface area contributed by atoms with Gasteiger partial charge >= 0.3 is 0 Å². The molecule has 1 heterocycles. The van der Waals surface area contributed by atoms with Crippen molar-refractivity contribution in [2.24, 2.45) is 5.73 Å². The number of methoxy groups -OCH3 is 2. The van der Waals surface area contributed by atoms with Gasteiger partial charge in [-0.25, -0.2) is 8.78 Å². The van der Waals surface area contributed by atoms with Crippen molar-refractivity contribution in [3.63, 3.8) is 0 Å². The molecule has 4 rings (SSSR count). The molecule has 1 atom stereocenters. The summed E-state index contributed by atoms with van der Waals surface area (Å²) in [6.45, 7) is 0.0464. The lowest BCUT2D eigenvalue weighted by molar-refractivity contribution is 0.0991. The van der Waals surface area contributed by atoms with Crippen molar-refractivity contribution in [2.45, 2.75) is 5.37 Å². The van der Waals surface area contributed by atoms with Gasteiger partial charge in [0.15, 0.2) is 11.6 Å². The second kappa shape index (κ2) is 10.0. The molecule has 1 amide bonds. The van der Waals surface area contributed by atoms with E-state index in [1.807, 2.05) is 48.5 Å². The molecule has 0 aliphatic carbocycles. The monoisotopic (exact) mass is 484 g/mol. The number of thioether (sulfide) groups is 1. The fraction of sp³-hybridized carbons (Fsp3) is 0.160. The van der Waals surface area contributed by atoms with Gasteiger partial charge < -0.3 is 25.3 Å². The zero-order chi connectivity index (χ0) is 24.2. The molecule has 6 nitrogen and oxygen atoms in total. The number of hydrogen-bond donors (Lipinski definition) is 2. The maximum atomic E-state index is 14.6. The predicted molar refractivity (Wildman–Crippen MR) is 128 cm³/mol. The Balaban J connectivity index is 1.59. The van der Waals surface area contributed by atoms with Crippen LogP contribution in [0.3, 0.4) is 0 Å². The first-order valence-corrected chi connectivity index (χ1v) is 11.2. The summed E-state index contributed by atoms with van der Waals surface area (Å²) in [6.07, 6.45) is 0. The molecule has 3 aromatic carbocycles. The molecule has 3 aromatic rings. The Labute approximate surface area is 199 Å². The first-order chi connectivity index (χ1) is 16.4. The molecule has 0 radical (unpaired) electrons. The molecule has 1 aliphatic rings. The van der Waals surface area contributed by atoms with Crippen LogP contribution < -0.4 is 25.3 Å². The number of primary amides is 1. The fourth-order valence-corrected chi connectivity index (χ4v) is 4.66. The molecule has 1 aliphatic heterocycles. The molecule has 0 aromatic heterocycles. The largest absolute Gasteiger partial charge is 0.497 e. The number of carbonyl (C=O) groups is 1. The van der Waals surface area contributed by atoms with Gasteiger partial charge in [-0.1, -0.05) is 23.9 Å². The lowest BCUT2D eigenvalue weighted by Crippen LogP contribution is -2.27. The summed E-state index contributed by atoms with van der Waals surface area (Å²) in [5.74, 6) is -2.12. The van der Waals surface area contributed by atoms with Gasteiger partial charge in [0.05, 0.1) is 19.9 Å². The standard InChI is InChI=1S/C25H22F2N2O4S/c1-31-16-7-3-14(4-8-16)23-24(15-5-9-17(32-2)10-6-15)34-20(29-23)13-33-19-12-11-18(26)21(22(19)27)25(28)30/h3-12,20,29H,13H2,1-2H3,(H2,28,30). The van der Waals surface area contributed by atoms with E-state index < -0.39 is 23.1 Å². The minimum atomic E-state index is -1.20. The quantitative estimate of drug-likeness (QED) is 0.485. The van der Waals surface area contributed by atoms with E-state index in [1.54, 1.807) is 14.2 Å². The van der Waals surface area contributed by atoms with Crippen molar-refractivity contribution in [3.05, 3.63) is 89.0 Å². The summed E-state index contributed by atoms with van der Waals surface area (Å²) in [4.78, 5) is 12.4. The van der Waals surface area contributed by atoms with Crippen molar-refractivity contribution in [3.8, 4) is 17.2 Å². The Morgan fingerprint density at radius 3 is 2.09 bits per heavy atom. The van der Waals surface area contributed by atoms with Gasteiger partial charge in [-0.05, 0) is 59.7 Å². The molecule has 0 spiro atoms. The molecule has 176 valence electrons. The van der Waals surface area contributed by atoms with E-state index >= 15 is 0 Å². The third-order valence-corrected chi connectivity index (χ3v) is 6.43. The number of benzene rings is 3. The number of ether oxygens (including phenoxy) is 3. The number of carbonyl (C=O) groups excluding carboxylic acids is 1. The van der Waals surface area contributed by atoms with Gasteiger partial charge in [-0.3, -0.25) is 4.79 Å². The van der Waals surface area contributed by atoms with Crippen LogP contribution >= 0.6 is 11.8 Å². The number of nitrogens with one attached hydrogen (secondary N) is 1. The smallest absolute Gasteiger partial charge is 0.254 e. The van der Waals surface area contributed by atoms with Crippen molar-refractivity contribution >= 4 is 28.3 Å². The molecule has 9 heteroatoms.